The molecule has 0 unspecified atom stereocenters. The molecule has 1 saturated carbocycles. The van der Waals surface area contributed by atoms with Crippen LogP contribution in [-0.2, 0) is 4.79 Å². The van der Waals surface area contributed by atoms with Crippen molar-refractivity contribution < 1.29 is 4.79 Å². The Morgan fingerprint density at radius 3 is 2.55 bits per heavy atom. The second-order valence-electron chi connectivity index (χ2n) is 7.18. The molecule has 20 heavy (non-hydrogen) atoms. The highest BCUT2D eigenvalue weighted by atomic mass is 16.1. The van der Waals surface area contributed by atoms with Crippen molar-refractivity contribution in [3.63, 3.8) is 0 Å². The molecule has 4 heteroatoms. The highest BCUT2D eigenvalue weighted by molar-refractivity contribution is 5.78. The van der Waals surface area contributed by atoms with Gasteiger partial charge in [0.05, 0.1) is 6.54 Å². The van der Waals surface area contributed by atoms with E-state index in [1.165, 1.54) is 19.3 Å². The van der Waals surface area contributed by atoms with E-state index < -0.39 is 0 Å². The Morgan fingerprint density at radius 1 is 1.30 bits per heavy atom. The van der Waals surface area contributed by atoms with E-state index in [9.17, 15) is 4.79 Å². The SMILES string of the molecule is CCCC[C@H]1C[C@H](NC(C)(C)C)CC[C@@H]1NC(=O)CN. The zero-order valence-corrected chi connectivity index (χ0v) is 13.7. The second kappa shape index (κ2) is 7.99. The number of carbonyl (C=O) groups is 1. The third-order valence-electron chi connectivity index (χ3n) is 4.08. The topological polar surface area (TPSA) is 67.1 Å². The molecule has 0 aromatic rings. The summed E-state index contributed by atoms with van der Waals surface area (Å²) in [4.78, 5) is 11.6. The molecule has 0 aromatic carbocycles. The van der Waals surface area contributed by atoms with Gasteiger partial charge >= 0.3 is 0 Å². The molecule has 0 saturated heterocycles. The van der Waals surface area contributed by atoms with E-state index in [1.54, 1.807) is 0 Å². The second-order valence-corrected chi connectivity index (χ2v) is 7.18. The summed E-state index contributed by atoms with van der Waals surface area (Å²) in [5, 5.41) is 6.83. The van der Waals surface area contributed by atoms with Crippen molar-refractivity contribution in [1.29, 1.82) is 0 Å². The Hall–Kier alpha value is -0.610. The third kappa shape index (κ3) is 6.23. The van der Waals surface area contributed by atoms with Crippen molar-refractivity contribution in [3.8, 4) is 0 Å². The molecule has 1 amide bonds. The van der Waals surface area contributed by atoms with Crippen LogP contribution in [0, 0.1) is 5.92 Å². The van der Waals surface area contributed by atoms with Gasteiger partial charge in [0, 0.05) is 17.6 Å². The van der Waals surface area contributed by atoms with Crippen LogP contribution < -0.4 is 16.4 Å². The van der Waals surface area contributed by atoms with Crippen LogP contribution in [0.25, 0.3) is 0 Å². The van der Waals surface area contributed by atoms with Crippen LogP contribution in [0.4, 0.5) is 0 Å². The van der Waals surface area contributed by atoms with Crippen LogP contribution in [0.2, 0.25) is 0 Å². The predicted octanol–water partition coefficient (Wildman–Crippen LogP) is 2.18. The van der Waals surface area contributed by atoms with E-state index in [-0.39, 0.29) is 18.0 Å². The van der Waals surface area contributed by atoms with Gasteiger partial charge in [0.25, 0.3) is 0 Å². The molecule has 4 N–H and O–H groups in total. The summed E-state index contributed by atoms with van der Waals surface area (Å²) >= 11 is 0. The molecule has 0 radical (unpaired) electrons. The maximum atomic E-state index is 11.6. The first-order chi connectivity index (χ1) is 9.35. The maximum absolute atomic E-state index is 11.6. The molecule has 3 atom stereocenters. The summed E-state index contributed by atoms with van der Waals surface area (Å²) < 4.78 is 0. The molecule has 4 nitrogen and oxygen atoms in total. The number of rotatable bonds is 6. The van der Waals surface area contributed by atoms with E-state index in [0.29, 0.717) is 18.0 Å². The highest BCUT2D eigenvalue weighted by Gasteiger charge is 2.32. The molecule has 0 bridgehead atoms. The Labute approximate surface area is 124 Å². The molecule has 1 aliphatic rings. The summed E-state index contributed by atoms with van der Waals surface area (Å²) in [6.45, 7) is 8.98. The normalized spacial score (nSPS) is 27.4. The number of amides is 1. The fraction of sp³-hybridized carbons (Fsp3) is 0.938. The van der Waals surface area contributed by atoms with E-state index >= 15 is 0 Å². The van der Waals surface area contributed by atoms with Gasteiger partial charge in [-0.05, 0) is 52.4 Å². The van der Waals surface area contributed by atoms with Crippen LogP contribution in [0.5, 0.6) is 0 Å². The minimum Gasteiger partial charge on any atom is -0.352 e. The first-order valence-electron chi connectivity index (χ1n) is 8.12. The van der Waals surface area contributed by atoms with Gasteiger partial charge in [-0.2, -0.15) is 0 Å². The first-order valence-corrected chi connectivity index (χ1v) is 8.12. The Balaban J connectivity index is 2.58. The Morgan fingerprint density at radius 2 is 2.00 bits per heavy atom. The lowest BCUT2D eigenvalue weighted by Crippen LogP contribution is -2.52. The molecular weight excluding hydrogens is 250 g/mol. The lowest BCUT2D eigenvalue weighted by molar-refractivity contribution is -0.121. The standard InChI is InChI=1S/C16H33N3O/c1-5-6-7-12-10-13(19-16(2,3)4)8-9-14(12)18-15(20)11-17/h12-14,19H,5-11,17H2,1-4H3,(H,18,20)/t12-,13+,14-/m0/s1. The summed E-state index contributed by atoms with van der Waals surface area (Å²) in [5.74, 6) is 0.567. The number of carbonyl (C=O) groups excluding carboxylic acids is 1. The molecule has 118 valence electrons. The monoisotopic (exact) mass is 283 g/mol. The van der Waals surface area contributed by atoms with Crippen molar-refractivity contribution >= 4 is 5.91 Å². The summed E-state index contributed by atoms with van der Waals surface area (Å²) in [7, 11) is 0. The largest absolute Gasteiger partial charge is 0.352 e. The van der Waals surface area contributed by atoms with Crippen molar-refractivity contribution in [3.05, 3.63) is 0 Å². The van der Waals surface area contributed by atoms with Crippen molar-refractivity contribution in [2.24, 2.45) is 11.7 Å². The zero-order chi connectivity index (χ0) is 15.2. The van der Waals surface area contributed by atoms with E-state index in [2.05, 4.69) is 38.3 Å². The molecule has 0 aliphatic heterocycles. The fourth-order valence-electron chi connectivity index (χ4n) is 3.25. The van der Waals surface area contributed by atoms with Gasteiger partial charge in [0.2, 0.25) is 5.91 Å². The van der Waals surface area contributed by atoms with Gasteiger partial charge in [-0.3, -0.25) is 4.79 Å². The number of hydrogen-bond donors (Lipinski definition) is 3. The smallest absolute Gasteiger partial charge is 0.233 e. The first kappa shape index (κ1) is 17.4. The van der Waals surface area contributed by atoms with Crippen LogP contribution in [0.15, 0.2) is 0 Å². The summed E-state index contributed by atoms with van der Waals surface area (Å²) in [6.07, 6.45) is 7.01. The third-order valence-corrected chi connectivity index (χ3v) is 4.08. The molecular formula is C16H33N3O. The fourth-order valence-corrected chi connectivity index (χ4v) is 3.25. The predicted molar refractivity (Wildman–Crippen MR) is 84.5 cm³/mol. The lowest BCUT2D eigenvalue weighted by atomic mass is 9.78. The van der Waals surface area contributed by atoms with Gasteiger partial charge in [0.15, 0.2) is 0 Å². The Kier molecular flexibility index (Phi) is 6.96. The quantitative estimate of drug-likeness (QED) is 0.700. The molecule has 0 heterocycles. The van der Waals surface area contributed by atoms with Crippen LogP contribution in [-0.4, -0.2) is 30.1 Å². The molecule has 1 fully saturated rings. The van der Waals surface area contributed by atoms with Gasteiger partial charge < -0.3 is 16.4 Å². The number of nitrogens with one attached hydrogen (secondary N) is 2. The maximum Gasteiger partial charge on any atom is 0.233 e. The van der Waals surface area contributed by atoms with Crippen LogP contribution in [0.3, 0.4) is 0 Å². The average Bonchev–Trinajstić information content (AvgIpc) is 2.36. The van der Waals surface area contributed by atoms with Gasteiger partial charge in [-0.1, -0.05) is 19.8 Å². The molecule has 0 aromatic heterocycles. The van der Waals surface area contributed by atoms with Crippen molar-refractivity contribution in [2.45, 2.75) is 83.8 Å². The molecule has 1 rings (SSSR count). The van der Waals surface area contributed by atoms with E-state index in [1.807, 2.05) is 0 Å². The van der Waals surface area contributed by atoms with Gasteiger partial charge in [-0.25, -0.2) is 0 Å². The summed E-state index contributed by atoms with van der Waals surface area (Å²) in [6, 6.07) is 0.888. The van der Waals surface area contributed by atoms with E-state index in [4.69, 9.17) is 5.73 Å². The number of hydrogen-bond acceptors (Lipinski definition) is 3. The van der Waals surface area contributed by atoms with Crippen LogP contribution in [0.1, 0.15) is 66.2 Å². The molecule has 0 spiro atoms. The highest BCUT2D eigenvalue weighted by Crippen LogP contribution is 2.30. The lowest BCUT2D eigenvalue weighted by Gasteiger charge is -2.39. The minimum absolute atomic E-state index is 0.0151. The average molecular weight is 283 g/mol. The van der Waals surface area contributed by atoms with Gasteiger partial charge in [0.1, 0.15) is 0 Å². The summed E-state index contributed by atoms with van der Waals surface area (Å²) in [5.41, 5.74) is 5.58. The van der Waals surface area contributed by atoms with Crippen LogP contribution >= 0.6 is 0 Å². The zero-order valence-electron chi connectivity index (χ0n) is 13.7. The number of nitrogens with two attached hydrogens (primary N) is 1. The Bertz CT molecular complexity index is 299. The minimum atomic E-state index is -0.0151. The van der Waals surface area contributed by atoms with Crippen molar-refractivity contribution in [1.82, 2.24) is 10.6 Å². The molecule has 1 aliphatic carbocycles. The van der Waals surface area contributed by atoms with Crippen molar-refractivity contribution in [2.75, 3.05) is 6.54 Å². The number of unbranched alkanes of at least 4 members (excludes halogenated alkanes) is 1. The van der Waals surface area contributed by atoms with E-state index in [0.717, 1.165) is 19.3 Å². The van der Waals surface area contributed by atoms with Gasteiger partial charge in [-0.15, -0.1) is 0 Å².